The largest absolute Gasteiger partial charge is 0.271 e. The van der Waals surface area contributed by atoms with Gasteiger partial charge in [-0.3, -0.25) is 9.78 Å². The Morgan fingerprint density at radius 1 is 1.04 bits per heavy atom. The van der Waals surface area contributed by atoms with Crippen LogP contribution in [0.1, 0.15) is 30.8 Å². The molecule has 0 radical (unpaired) electrons. The zero-order valence-corrected chi connectivity index (χ0v) is 16.7. The average Bonchev–Trinajstić information content (AvgIpc) is 3.16. The Kier molecular flexibility index (Phi) is 5.81. The van der Waals surface area contributed by atoms with E-state index in [2.05, 4.69) is 20.1 Å². The van der Waals surface area contributed by atoms with E-state index in [9.17, 15) is 4.79 Å². The number of aromatic nitrogens is 5. The Morgan fingerprint density at radius 3 is 2.50 bits per heavy atom. The molecule has 4 rings (SSSR count). The maximum Gasteiger partial charge on any atom is 0.271 e. The van der Waals surface area contributed by atoms with Crippen LogP contribution in [0, 0.1) is 11.8 Å². The van der Waals surface area contributed by atoms with Crippen LogP contribution in [-0.4, -0.2) is 31.0 Å². The summed E-state index contributed by atoms with van der Waals surface area (Å²) in [6.07, 6.45) is 14.8. The third-order valence-electron chi connectivity index (χ3n) is 5.31. The summed E-state index contributed by atoms with van der Waals surface area (Å²) in [5, 5.41) is 4.09. The molecular formula is C21H23N5OS. The SMILES string of the molecule is CSc1cnc(C[C@H]2CC[C@H](Cc3ccc(-n4ncccc4=O)cn3)C2)nc1. The summed E-state index contributed by atoms with van der Waals surface area (Å²) in [6.45, 7) is 0. The molecule has 0 bridgehead atoms. The number of pyridine rings is 1. The van der Waals surface area contributed by atoms with Gasteiger partial charge in [0.2, 0.25) is 0 Å². The molecule has 2 atom stereocenters. The van der Waals surface area contributed by atoms with Crippen LogP contribution in [0.4, 0.5) is 0 Å². The van der Waals surface area contributed by atoms with Crippen LogP contribution in [0.25, 0.3) is 5.69 Å². The molecule has 3 aromatic rings. The minimum absolute atomic E-state index is 0.150. The summed E-state index contributed by atoms with van der Waals surface area (Å²) in [7, 11) is 0. The van der Waals surface area contributed by atoms with Gasteiger partial charge in [-0.05, 0) is 62.0 Å². The highest BCUT2D eigenvalue weighted by Gasteiger charge is 2.26. The van der Waals surface area contributed by atoms with E-state index in [0.717, 1.165) is 29.3 Å². The molecular weight excluding hydrogens is 370 g/mol. The molecule has 1 aliphatic rings. The molecule has 0 amide bonds. The predicted molar refractivity (Wildman–Crippen MR) is 110 cm³/mol. The normalized spacial score (nSPS) is 19.0. The van der Waals surface area contributed by atoms with E-state index in [-0.39, 0.29) is 5.56 Å². The molecule has 3 aromatic heterocycles. The number of nitrogens with zero attached hydrogens (tertiary/aromatic N) is 5. The van der Waals surface area contributed by atoms with E-state index in [0.29, 0.717) is 17.5 Å². The summed E-state index contributed by atoms with van der Waals surface area (Å²) in [5.74, 6) is 2.25. The van der Waals surface area contributed by atoms with Crippen molar-refractivity contribution in [3.05, 3.63) is 70.9 Å². The van der Waals surface area contributed by atoms with Crippen LogP contribution in [0.5, 0.6) is 0 Å². The Hall–Kier alpha value is -2.54. The van der Waals surface area contributed by atoms with Crippen molar-refractivity contribution in [1.29, 1.82) is 0 Å². The van der Waals surface area contributed by atoms with Gasteiger partial charge in [0, 0.05) is 41.7 Å². The van der Waals surface area contributed by atoms with Crippen molar-refractivity contribution in [2.45, 2.75) is 37.0 Å². The molecule has 0 aliphatic heterocycles. The lowest BCUT2D eigenvalue weighted by atomic mass is 9.97. The Balaban J connectivity index is 1.34. The first kappa shape index (κ1) is 18.8. The lowest BCUT2D eigenvalue weighted by molar-refractivity contribution is 0.476. The molecule has 1 saturated carbocycles. The maximum atomic E-state index is 11.9. The van der Waals surface area contributed by atoms with E-state index >= 15 is 0 Å². The second-order valence-corrected chi connectivity index (χ2v) is 8.15. The fourth-order valence-electron chi connectivity index (χ4n) is 3.87. The van der Waals surface area contributed by atoms with Gasteiger partial charge >= 0.3 is 0 Å². The van der Waals surface area contributed by atoms with Crippen LogP contribution >= 0.6 is 11.8 Å². The second-order valence-electron chi connectivity index (χ2n) is 7.27. The van der Waals surface area contributed by atoms with Gasteiger partial charge in [0.15, 0.2) is 0 Å². The van der Waals surface area contributed by atoms with Crippen molar-refractivity contribution >= 4 is 11.8 Å². The molecule has 144 valence electrons. The van der Waals surface area contributed by atoms with E-state index in [1.165, 1.54) is 30.0 Å². The van der Waals surface area contributed by atoms with Gasteiger partial charge in [-0.15, -0.1) is 11.8 Å². The first-order valence-corrected chi connectivity index (χ1v) is 10.8. The van der Waals surface area contributed by atoms with Crippen molar-refractivity contribution in [2.24, 2.45) is 11.8 Å². The highest BCUT2D eigenvalue weighted by atomic mass is 32.2. The van der Waals surface area contributed by atoms with Gasteiger partial charge in [0.1, 0.15) is 5.82 Å². The van der Waals surface area contributed by atoms with E-state index in [1.54, 1.807) is 30.2 Å². The molecule has 0 unspecified atom stereocenters. The number of hydrogen-bond donors (Lipinski definition) is 0. The highest BCUT2D eigenvalue weighted by Crippen LogP contribution is 2.34. The first-order valence-electron chi connectivity index (χ1n) is 9.56. The van der Waals surface area contributed by atoms with Gasteiger partial charge in [0.05, 0.1) is 11.9 Å². The number of rotatable bonds is 6. The maximum absolute atomic E-state index is 11.9. The zero-order valence-electron chi connectivity index (χ0n) is 15.9. The van der Waals surface area contributed by atoms with Crippen LogP contribution in [-0.2, 0) is 12.8 Å². The van der Waals surface area contributed by atoms with E-state index < -0.39 is 0 Å². The molecule has 0 aromatic carbocycles. The van der Waals surface area contributed by atoms with Crippen molar-refractivity contribution < 1.29 is 0 Å². The van der Waals surface area contributed by atoms with Crippen molar-refractivity contribution in [3.63, 3.8) is 0 Å². The van der Waals surface area contributed by atoms with Crippen LogP contribution in [0.15, 0.2) is 58.7 Å². The Labute approximate surface area is 168 Å². The summed E-state index contributed by atoms with van der Waals surface area (Å²) >= 11 is 1.67. The lowest BCUT2D eigenvalue weighted by Crippen LogP contribution is -2.19. The van der Waals surface area contributed by atoms with Gasteiger partial charge in [-0.2, -0.15) is 9.78 Å². The summed E-state index contributed by atoms with van der Waals surface area (Å²) in [5.41, 5.74) is 1.62. The third kappa shape index (κ3) is 4.47. The van der Waals surface area contributed by atoms with E-state index in [1.807, 2.05) is 30.8 Å². The van der Waals surface area contributed by atoms with Crippen LogP contribution in [0.2, 0.25) is 0 Å². The molecule has 0 spiro atoms. The standard InChI is InChI=1S/C21H23N5OS/c1-28-19-13-23-20(24-14-19)11-16-5-4-15(9-16)10-17-6-7-18(12-22-17)26-21(27)3-2-8-25-26/h2-3,6-8,12-16H,4-5,9-11H2,1H3/t15-,16-/m0/s1. The smallest absolute Gasteiger partial charge is 0.267 e. The summed E-state index contributed by atoms with van der Waals surface area (Å²) in [4.78, 5) is 26.5. The molecule has 28 heavy (non-hydrogen) atoms. The molecule has 6 nitrogen and oxygen atoms in total. The van der Waals surface area contributed by atoms with Crippen LogP contribution in [0.3, 0.4) is 0 Å². The van der Waals surface area contributed by atoms with Crippen molar-refractivity contribution in [3.8, 4) is 5.69 Å². The monoisotopic (exact) mass is 393 g/mol. The average molecular weight is 394 g/mol. The third-order valence-corrected chi connectivity index (χ3v) is 5.99. The quantitative estimate of drug-likeness (QED) is 0.598. The van der Waals surface area contributed by atoms with Crippen molar-refractivity contribution in [1.82, 2.24) is 24.7 Å². The lowest BCUT2D eigenvalue weighted by Gasteiger charge is -2.11. The zero-order chi connectivity index (χ0) is 19.3. The fraction of sp³-hybridized carbons (Fsp3) is 0.381. The number of thioether (sulfide) groups is 1. The molecule has 3 heterocycles. The Bertz CT molecular complexity index is 971. The molecule has 7 heteroatoms. The Morgan fingerprint density at radius 2 is 1.82 bits per heavy atom. The number of hydrogen-bond acceptors (Lipinski definition) is 6. The summed E-state index contributed by atoms with van der Waals surface area (Å²) in [6, 6.07) is 7.07. The van der Waals surface area contributed by atoms with Crippen LogP contribution < -0.4 is 5.56 Å². The predicted octanol–water partition coefficient (Wildman–Crippen LogP) is 3.34. The summed E-state index contributed by atoms with van der Waals surface area (Å²) < 4.78 is 1.37. The molecule has 0 N–H and O–H groups in total. The van der Waals surface area contributed by atoms with Gasteiger partial charge < -0.3 is 0 Å². The highest BCUT2D eigenvalue weighted by molar-refractivity contribution is 7.98. The second kappa shape index (κ2) is 8.65. The minimum Gasteiger partial charge on any atom is -0.267 e. The minimum atomic E-state index is -0.150. The fourth-order valence-corrected chi connectivity index (χ4v) is 4.19. The molecule has 1 fully saturated rings. The van der Waals surface area contributed by atoms with Gasteiger partial charge in [-0.25, -0.2) is 9.97 Å². The molecule has 0 saturated heterocycles. The molecule has 1 aliphatic carbocycles. The van der Waals surface area contributed by atoms with Gasteiger partial charge in [0.25, 0.3) is 5.56 Å². The topological polar surface area (TPSA) is 73.6 Å². The first-order chi connectivity index (χ1) is 13.7. The van der Waals surface area contributed by atoms with Gasteiger partial charge in [-0.1, -0.05) is 0 Å². The van der Waals surface area contributed by atoms with Crippen molar-refractivity contribution in [2.75, 3.05) is 6.26 Å². The van der Waals surface area contributed by atoms with E-state index in [4.69, 9.17) is 0 Å².